The number of amides is 1. The molecule has 27 heavy (non-hydrogen) atoms. The minimum absolute atomic E-state index is 0.0219. The monoisotopic (exact) mass is 383 g/mol. The van der Waals surface area contributed by atoms with Crippen molar-refractivity contribution in [3.8, 4) is 10.4 Å². The maximum Gasteiger partial charge on any atom is 0.348 e. The number of rotatable bonds is 5. The van der Waals surface area contributed by atoms with Crippen molar-refractivity contribution in [2.24, 2.45) is 5.92 Å². The van der Waals surface area contributed by atoms with E-state index in [2.05, 4.69) is 13.0 Å². The van der Waals surface area contributed by atoms with Crippen LogP contribution in [0.5, 0.6) is 0 Å². The van der Waals surface area contributed by atoms with Crippen molar-refractivity contribution in [1.82, 2.24) is 0 Å². The first kappa shape index (κ1) is 19.4. The number of allylic oxidation sites excluding steroid dienone is 2. The van der Waals surface area contributed by atoms with Crippen molar-refractivity contribution in [1.29, 1.82) is 0 Å². The van der Waals surface area contributed by atoms with Gasteiger partial charge in [-0.3, -0.25) is 4.79 Å². The minimum Gasteiger partial charge on any atom is -0.477 e. The lowest BCUT2D eigenvalue weighted by molar-refractivity contribution is -0.123. The Labute approximate surface area is 164 Å². The summed E-state index contributed by atoms with van der Waals surface area (Å²) in [5.41, 5.74) is 2.80. The highest BCUT2D eigenvalue weighted by molar-refractivity contribution is 7.18. The molecule has 1 amide bonds. The molecule has 5 heteroatoms. The number of benzene rings is 1. The minimum atomic E-state index is -0.991. The van der Waals surface area contributed by atoms with Crippen LogP contribution in [0.1, 0.15) is 49.7 Å². The van der Waals surface area contributed by atoms with Crippen LogP contribution < -0.4 is 4.90 Å². The molecule has 1 aliphatic rings. The summed E-state index contributed by atoms with van der Waals surface area (Å²) in [6, 6.07) is 11.4. The van der Waals surface area contributed by atoms with E-state index in [9.17, 15) is 14.7 Å². The van der Waals surface area contributed by atoms with E-state index in [0.29, 0.717) is 5.69 Å². The van der Waals surface area contributed by atoms with E-state index in [1.807, 2.05) is 50.2 Å². The topological polar surface area (TPSA) is 57.6 Å². The van der Waals surface area contributed by atoms with Gasteiger partial charge in [-0.2, -0.15) is 0 Å². The van der Waals surface area contributed by atoms with Crippen molar-refractivity contribution in [3.63, 3.8) is 0 Å². The van der Waals surface area contributed by atoms with Gasteiger partial charge in [0.1, 0.15) is 4.88 Å². The first-order valence-corrected chi connectivity index (χ1v) is 10.1. The lowest BCUT2D eigenvalue weighted by atomic mass is 9.89. The van der Waals surface area contributed by atoms with E-state index in [1.54, 1.807) is 4.90 Å². The molecule has 1 atom stereocenters. The first-order chi connectivity index (χ1) is 12.9. The van der Waals surface area contributed by atoms with Gasteiger partial charge in [-0.15, -0.1) is 11.3 Å². The van der Waals surface area contributed by atoms with E-state index in [0.717, 1.165) is 29.7 Å². The Balaban J connectivity index is 2.01. The van der Waals surface area contributed by atoms with Crippen LogP contribution >= 0.6 is 11.3 Å². The number of thiophene rings is 1. The molecule has 0 fully saturated rings. The third-order valence-corrected chi connectivity index (χ3v) is 6.13. The fourth-order valence-corrected chi connectivity index (χ4v) is 4.49. The van der Waals surface area contributed by atoms with Crippen LogP contribution in [0.2, 0.25) is 0 Å². The van der Waals surface area contributed by atoms with Crippen LogP contribution in [0.15, 0.2) is 48.0 Å². The molecule has 0 saturated heterocycles. The standard InChI is InChI=1S/C22H25NO3S/c1-14(2)23(21(24)17-11-9-15(3)10-12-17)18-13-19(27-20(18)22(25)26)16-7-5-4-6-8-16/h4-9,13-14,17H,10-12H2,1-3H3,(H,25,26). The molecule has 1 heterocycles. The van der Waals surface area contributed by atoms with Crippen LogP contribution in [-0.2, 0) is 4.79 Å². The number of carbonyl (C=O) groups excluding carboxylic acids is 1. The first-order valence-electron chi connectivity index (χ1n) is 9.29. The predicted octanol–water partition coefficient (Wildman–Crippen LogP) is 5.60. The summed E-state index contributed by atoms with van der Waals surface area (Å²) in [7, 11) is 0. The molecule has 0 radical (unpaired) electrons. The van der Waals surface area contributed by atoms with Gasteiger partial charge in [-0.1, -0.05) is 42.0 Å². The van der Waals surface area contributed by atoms with Crippen LogP contribution in [-0.4, -0.2) is 23.0 Å². The SMILES string of the molecule is CC1=CCC(C(=O)N(c2cc(-c3ccccc3)sc2C(=O)O)C(C)C)CC1. The van der Waals surface area contributed by atoms with E-state index >= 15 is 0 Å². The summed E-state index contributed by atoms with van der Waals surface area (Å²) >= 11 is 1.23. The van der Waals surface area contributed by atoms with E-state index in [-0.39, 0.29) is 22.7 Å². The number of carboxylic acids is 1. The van der Waals surface area contributed by atoms with Gasteiger partial charge < -0.3 is 10.0 Å². The zero-order valence-electron chi connectivity index (χ0n) is 15.9. The fraction of sp³-hybridized carbons (Fsp3) is 0.364. The second kappa shape index (κ2) is 8.09. The molecule has 1 unspecified atom stereocenters. The van der Waals surface area contributed by atoms with Crippen LogP contribution in [0, 0.1) is 5.92 Å². The maximum absolute atomic E-state index is 13.3. The zero-order chi connectivity index (χ0) is 19.6. The van der Waals surface area contributed by atoms with Gasteiger partial charge in [0.15, 0.2) is 0 Å². The van der Waals surface area contributed by atoms with Crippen molar-refractivity contribution in [3.05, 3.63) is 52.9 Å². The number of anilines is 1. The average molecular weight is 384 g/mol. The molecule has 3 rings (SSSR count). The summed E-state index contributed by atoms with van der Waals surface area (Å²) < 4.78 is 0. The molecule has 1 aliphatic carbocycles. The normalized spacial score (nSPS) is 16.9. The van der Waals surface area contributed by atoms with E-state index < -0.39 is 5.97 Å². The Morgan fingerprint density at radius 3 is 2.48 bits per heavy atom. The highest BCUT2D eigenvalue weighted by Gasteiger charge is 2.32. The average Bonchev–Trinajstić information content (AvgIpc) is 3.08. The van der Waals surface area contributed by atoms with Gasteiger partial charge in [0.2, 0.25) is 5.91 Å². The number of carboxylic acid groups (broad SMARTS) is 1. The molecule has 0 spiro atoms. The van der Waals surface area contributed by atoms with Crippen molar-refractivity contribution in [2.75, 3.05) is 4.90 Å². The Bertz CT molecular complexity index is 867. The van der Waals surface area contributed by atoms with Crippen molar-refractivity contribution >= 4 is 28.9 Å². The number of carbonyl (C=O) groups is 2. The van der Waals surface area contributed by atoms with E-state index in [4.69, 9.17) is 0 Å². The summed E-state index contributed by atoms with van der Waals surface area (Å²) in [4.78, 5) is 27.9. The van der Waals surface area contributed by atoms with Gasteiger partial charge >= 0.3 is 5.97 Å². The summed E-state index contributed by atoms with van der Waals surface area (Å²) in [5, 5.41) is 9.75. The molecular formula is C22H25NO3S. The molecule has 1 aromatic heterocycles. The Morgan fingerprint density at radius 2 is 1.93 bits per heavy atom. The third kappa shape index (κ3) is 4.14. The zero-order valence-corrected chi connectivity index (χ0v) is 16.8. The molecule has 0 bridgehead atoms. The molecule has 0 saturated carbocycles. The van der Waals surface area contributed by atoms with Crippen molar-refractivity contribution in [2.45, 2.75) is 46.1 Å². The number of nitrogens with zero attached hydrogens (tertiary/aromatic N) is 1. The molecule has 4 nitrogen and oxygen atoms in total. The molecule has 1 N–H and O–H groups in total. The maximum atomic E-state index is 13.3. The van der Waals surface area contributed by atoms with Gasteiger partial charge in [0, 0.05) is 16.8 Å². The van der Waals surface area contributed by atoms with Gasteiger partial charge in [0.25, 0.3) is 0 Å². The molecule has 142 valence electrons. The molecule has 1 aromatic carbocycles. The molecule has 0 aliphatic heterocycles. The van der Waals surface area contributed by atoms with Crippen LogP contribution in [0.25, 0.3) is 10.4 Å². The summed E-state index contributed by atoms with van der Waals surface area (Å²) in [6.45, 7) is 5.97. The largest absolute Gasteiger partial charge is 0.477 e. The van der Waals surface area contributed by atoms with Crippen molar-refractivity contribution < 1.29 is 14.7 Å². The Morgan fingerprint density at radius 1 is 1.22 bits per heavy atom. The highest BCUT2D eigenvalue weighted by Crippen LogP contribution is 2.39. The fourth-order valence-electron chi connectivity index (χ4n) is 3.50. The second-order valence-corrected chi connectivity index (χ2v) is 8.37. The van der Waals surface area contributed by atoms with E-state index in [1.165, 1.54) is 16.9 Å². The summed E-state index contributed by atoms with van der Waals surface area (Å²) in [6.07, 6.45) is 4.60. The summed E-state index contributed by atoms with van der Waals surface area (Å²) in [5.74, 6) is -1.05. The number of hydrogen-bond acceptors (Lipinski definition) is 3. The lowest BCUT2D eigenvalue weighted by Gasteiger charge is -2.31. The smallest absolute Gasteiger partial charge is 0.348 e. The molecular weight excluding hydrogens is 358 g/mol. The third-order valence-electron chi connectivity index (χ3n) is 4.97. The van der Waals surface area contributed by atoms with Gasteiger partial charge in [0.05, 0.1) is 5.69 Å². The number of aromatic carboxylic acids is 1. The Hall–Kier alpha value is -2.40. The van der Waals surface area contributed by atoms with Crippen LogP contribution in [0.4, 0.5) is 5.69 Å². The van der Waals surface area contributed by atoms with Gasteiger partial charge in [-0.05, 0) is 51.7 Å². The molecule has 2 aromatic rings. The van der Waals surface area contributed by atoms with Crippen LogP contribution in [0.3, 0.4) is 0 Å². The predicted molar refractivity (Wildman–Crippen MR) is 110 cm³/mol. The highest BCUT2D eigenvalue weighted by atomic mass is 32.1. The van der Waals surface area contributed by atoms with Gasteiger partial charge in [-0.25, -0.2) is 4.79 Å². The second-order valence-electron chi connectivity index (χ2n) is 7.32. The lowest BCUT2D eigenvalue weighted by Crippen LogP contribution is -2.42. The Kier molecular flexibility index (Phi) is 5.80. The quantitative estimate of drug-likeness (QED) is 0.684. The number of hydrogen-bond donors (Lipinski definition) is 1.